The highest BCUT2D eigenvalue weighted by Gasteiger charge is 2.44. The molecule has 0 radical (unpaired) electrons. The van der Waals surface area contributed by atoms with Gasteiger partial charge in [0, 0.05) is 4.75 Å². The van der Waals surface area contributed by atoms with Gasteiger partial charge in [-0.3, -0.25) is 4.79 Å². The molecule has 122 valence electrons. The molecule has 0 saturated carbocycles. The molecule has 0 fully saturated rings. The first-order chi connectivity index (χ1) is 8.53. The molecular weight excluding hydrogens is 268 g/mol. The molecular formula is C17H36O2S. The average molecular weight is 305 g/mol. The molecule has 0 aliphatic rings. The van der Waals surface area contributed by atoms with Crippen molar-refractivity contribution in [1.82, 2.24) is 0 Å². The summed E-state index contributed by atoms with van der Waals surface area (Å²) in [6.45, 7) is 19.3. The van der Waals surface area contributed by atoms with Crippen LogP contribution in [0.2, 0.25) is 0 Å². The van der Waals surface area contributed by atoms with E-state index in [1.807, 2.05) is 0 Å². The molecule has 0 rings (SSSR count). The molecule has 0 saturated heterocycles. The number of hydrogen-bond donors (Lipinski definition) is 0. The Morgan fingerprint density at radius 1 is 1.00 bits per heavy atom. The normalized spacial score (nSPS) is 17.8. The lowest BCUT2D eigenvalue weighted by Crippen LogP contribution is -2.40. The van der Waals surface area contributed by atoms with E-state index >= 15 is 0 Å². The molecule has 0 bridgehead atoms. The van der Waals surface area contributed by atoms with E-state index in [1.165, 1.54) is 0 Å². The van der Waals surface area contributed by atoms with Crippen LogP contribution < -0.4 is 0 Å². The molecule has 0 heterocycles. The zero-order chi connectivity index (χ0) is 16.6. The Morgan fingerprint density at radius 2 is 1.40 bits per heavy atom. The van der Waals surface area contributed by atoms with Crippen LogP contribution >= 0.6 is 10.3 Å². The van der Waals surface area contributed by atoms with Crippen molar-refractivity contribution in [2.75, 3.05) is 12.5 Å². The van der Waals surface area contributed by atoms with Gasteiger partial charge >= 0.3 is 5.97 Å². The second kappa shape index (κ2) is 5.90. The van der Waals surface area contributed by atoms with E-state index in [0.29, 0.717) is 0 Å². The van der Waals surface area contributed by atoms with Gasteiger partial charge in [0.1, 0.15) is 0 Å². The number of hydrogen-bond acceptors (Lipinski definition) is 2. The molecule has 0 aliphatic carbocycles. The quantitative estimate of drug-likeness (QED) is 0.694. The molecule has 2 nitrogen and oxygen atoms in total. The van der Waals surface area contributed by atoms with Gasteiger partial charge in [0.2, 0.25) is 0 Å². The van der Waals surface area contributed by atoms with Crippen LogP contribution in [0.1, 0.15) is 68.7 Å². The second-order valence-electron chi connectivity index (χ2n) is 9.03. The van der Waals surface area contributed by atoms with Gasteiger partial charge in [-0.25, -0.2) is 0 Å². The third-order valence-corrected chi connectivity index (χ3v) is 7.91. The summed E-state index contributed by atoms with van der Waals surface area (Å²) >= 11 is 0. The van der Waals surface area contributed by atoms with Gasteiger partial charge in [-0.15, -0.1) is 0 Å². The zero-order valence-electron chi connectivity index (χ0n) is 15.5. The van der Waals surface area contributed by atoms with Crippen molar-refractivity contribution in [3.63, 3.8) is 0 Å². The van der Waals surface area contributed by atoms with Gasteiger partial charge in [-0.05, 0) is 58.0 Å². The summed E-state index contributed by atoms with van der Waals surface area (Å²) in [5.74, 6) is 0.238. The Kier molecular flexibility index (Phi) is 5.85. The van der Waals surface area contributed by atoms with E-state index in [9.17, 15) is 4.79 Å². The summed E-state index contributed by atoms with van der Waals surface area (Å²) < 4.78 is 6.02. The summed E-state index contributed by atoms with van der Waals surface area (Å²) in [5, 5.41) is 0. The Hall–Kier alpha value is -0.180. The van der Waals surface area contributed by atoms with Crippen molar-refractivity contribution in [2.24, 2.45) is 16.7 Å². The predicted molar refractivity (Wildman–Crippen MR) is 92.3 cm³/mol. The first-order valence-electron chi connectivity index (χ1n) is 7.50. The van der Waals surface area contributed by atoms with Gasteiger partial charge in [0.25, 0.3) is 0 Å². The van der Waals surface area contributed by atoms with Crippen LogP contribution in [0.3, 0.4) is 0 Å². The highest BCUT2D eigenvalue weighted by molar-refractivity contribution is 8.30. The van der Waals surface area contributed by atoms with Gasteiger partial charge in [-0.1, -0.05) is 44.9 Å². The fraction of sp³-hybridized carbons (Fsp3) is 0.941. The molecule has 1 atom stereocenters. The van der Waals surface area contributed by atoms with Crippen molar-refractivity contribution in [1.29, 1.82) is 0 Å². The minimum absolute atomic E-state index is 0.00226. The van der Waals surface area contributed by atoms with Crippen LogP contribution in [0.4, 0.5) is 0 Å². The standard InChI is InChI=1S/C17H36O2S/c1-13(2)17(9,12-15(3,4)5)14(18)19-20(10,11)16(6,7)8/h13H,12H2,1-11H3. The molecule has 0 aromatic carbocycles. The summed E-state index contributed by atoms with van der Waals surface area (Å²) in [6.07, 6.45) is 5.02. The average Bonchev–Trinajstić information content (AvgIpc) is 2.11. The molecule has 1 unspecified atom stereocenters. The highest BCUT2D eigenvalue weighted by atomic mass is 32.3. The summed E-state index contributed by atoms with van der Waals surface area (Å²) in [4.78, 5) is 12.8. The van der Waals surface area contributed by atoms with Crippen molar-refractivity contribution >= 4 is 16.3 Å². The second-order valence-corrected chi connectivity index (χ2v) is 12.9. The molecule has 20 heavy (non-hydrogen) atoms. The van der Waals surface area contributed by atoms with E-state index in [4.69, 9.17) is 4.18 Å². The van der Waals surface area contributed by atoms with Crippen molar-refractivity contribution in [2.45, 2.75) is 73.5 Å². The maximum Gasteiger partial charge on any atom is 0.322 e. The third-order valence-electron chi connectivity index (χ3n) is 4.40. The highest BCUT2D eigenvalue weighted by Crippen LogP contribution is 2.56. The monoisotopic (exact) mass is 304 g/mol. The van der Waals surface area contributed by atoms with E-state index in [0.717, 1.165) is 6.42 Å². The molecule has 0 aromatic rings. The lowest BCUT2D eigenvalue weighted by atomic mass is 9.69. The zero-order valence-corrected chi connectivity index (χ0v) is 16.3. The number of rotatable bonds is 4. The topological polar surface area (TPSA) is 26.3 Å². The van der Waals surface area contributed by atoms with E-state index in [-0.39, 0.29) is 22.0 Å². The Labute approximate surface area is 128 Å². The number of carbonyl (C=O) groups is 1. The first-order valence-corrected chi connectivity index (χ1v) is 9.87. The van der Waals surface area contributed by atoms with Crippen molar-refractivity contribution in [3.05, 3.63) is 0 Å². The molecule has 0 amide bonds. The third kappa shape index (κ3) is 4.98. The van der Waals surface area contributed by atoms with Gasteiger partial charge in [0.15, 0.2) is 0 Å². The largest absolute Gasteiger partial charge is 0.415 e. The van der Waals surface area contributed by atoms with Gasteiger partial charge in [0.05, 0.1) is 5.41 Å². The predicted octanol–water partition coefficient (Wildman–Crippen LogP) is 5.41. The summed E-state index contributed by atoms with van der Waals surface area (Å²) in [5.41, 5.74) is -0.312. The number of carbonyl (C=O) groups excluding carboxylic acids is 1. The maximum atomic E-state index is 12.8. The van der Waals surface area contributed by atoms with Crippen molar-refractivity contribution < 1.29 is 8.98 Å². The first kappa shape index (κ1) is 19.8. The van der Waals surface area contributed by atoms with Gasteiger partial charge < -0.3 is 4.18 Å². The minimum atomic E-state index is -1.42. The lowest BCUT2D eigenvalue weighted by molar-refractivity contribution is -0.148. The molecule has 0 aromatic heterocycles. The Bertz CT molecular complexity index is 345. The van der Waals surface area contributed by atoms with Crippen LogP contribution in [-0.4, -0.2) is 23.2 Å². The van der Waals surface area contributed by atoms with E-state index < -0.39 is 15.7 Å². The van der Waals surface area contributed by atoms with E-state index in [1.54, 1.807) is 0 Å². The smallest absolute Gasteiger partial charge is 0.322 e. The Balaban J connectivity index is 5.30. The maximum absolute atomic E-state index is 12.8. The SMILES string of the molecule is CC(C)C(C)(CC(C)(C)C)C(=O)OS(C)(C)C(C)(C)C. The van der Waals surface area contributed by atoms with Gasteiger partial charge in [-0.2, -0.15) is 0 Å². The van der Waals surface area contributed by atoms with Crippen LogP contribution in [0.25, 0.3) is 0 Å². The lowest BCUT2D eigenvalue weighted by Gasteiger charge is -2.46. The van der Waals surface area contributed by atoms with Crippen LogP contribution in [0.5, 0.6) is 0 Å². The molecule has 0 spiro atoms. The van der Waals surface area contributed by atoms with Crippen LogP contribution in [0.15, 0.2) is 0 Å². The molecule has 0 aliphatic heterocycles. The molecule has 3 heteroatoms. The fourth-order valence-corrected chi connectivity index (χ4v) is 2.84. The summed E-state index contributed by atoms with van der Waals surface area (Å²) in [6, 6.07) is 0. The van der Waals surface area contributed by atoms with E-state index in [2.05, 4.69) is 74.8 Å². The van der Waals surface area contributed by atoms with Crippen LogP contribution in [-0.2, 0) is 8.98 Å². The minimum Gasteiger partial charge on any atom is -0.415 e. The fourth-order valence-electron chi connectivity index (χ4n) is 2.02. The van der Waals surface area contributed by atoms with Crippen molar-refractivity contribution in [3.8, 4) is 0 Å². The Morgan fingerprint density at radius 3 is 1.65 bits per heavy atom. The summed E-state index contributed by atoms with van der Waals surface area (Å²) in [7, 11) is -1.42. The van der Waals surface area contributed by atoms with Crippen LogP contribution in [0, 0.1) is 16.7 Å². The molecule has 0 N–H and O–H groups in total.